The Morgan fingerprint density at radius 1 is 1.23 bits per heavy atom. The highest BCUT2D eigenvalue weighted by Gasteiger charge is 2.30. The maximum Gasteiger partial charge on any atom is 0.254 e. The van der Waals surface area contributed by atoms with E-state index < -0.39 is 0 Å². The van der Waals surface area contributed by atoms with Gasteiger partial charge in [-0.1, -0.05) is 11.8 Å². The van der Waals surface area contributed by atoms with E-state index in [9.17, 15) is 9.59 Å². The number of piperazine rings is 1. The lowest BCUT2D eigenvalue weighted by atomic mass is 10.2. The van der Waals surface area contributed by atoms with Crippen molar-refractivity contribution >= 4 is 23.6 Å². The lowest BCUT2D eigenvalue weighted by molar-refractivity contribution is -0.132. The molecule has 2 aromatic rings. The van der Waals surface area contributed by atoms with E-state index in [2.05, 4.69) is 19.9 Å². The molecule has 2 aliphatic heterocycles. The second-order valence-electron chi connectivity index (χ2n) is 6.47. The molecule has 8 nitrogen and oxygen atoms in total. The minimum Gasteiger partial charge on any atom is -0.339 e. The van der Waals surface area contributed by atoms with Gasteiger partial charge >= 0.3 is 0 Å². The van der Waals surface area contributed by atoms with Gasteiger partial charge in [-0.25, -0.2) is 15.0 Å². The molecular weight excluding hydrogens is 352 g/mol. The number of anilines is 1. The quantitative estimate of drug-likeness (QED) is 0.734. The van der Waals surface area contributed by atoms with Gasteiger partial charge in [0.05, 0.1) is 6.04 Å². The first-order valence-corrected chi connectivity index (χ1v) is 9.63. The summed E-state index contributed by atoms with van der Waals surface area (Å²) in [5.41, 5.74) is 0.654. The molecule has 0 radical (unpaired) electrons. The number of amides is 1. The van der Waals surface area contributed by atoms with Crippen LogP contribution in [-0.2, 0) is 4.79 Å². The second-order valence-corrected chi connectivity index (χ2v) is 7.46. The largest absolute Gasteiger partial charge is 0.339 e. The first kappa shape index (κ1) is 17.0. The summed E-state index contributed by atoms with van der Waals surface area (Å²) in [4.78, 5) is 41.9. The van der Waals surface area contributed by atoms with Crippen molar-refractivity contribution in [2.75, 3.05) is 36.8 Å². The van der Waals surface area contributed by atoms with Gasteiger partial charge in [-0.05, 0) is 13.0 Å². The van der Waals surface area contributed by atoms with Crippen molar-refractivity contribution in [3.05, 3.63) is 40.6 Å². The van der Waals surface area contributed by atoms with Gasteiger partial charge in [0.1, 0.15) is 0 Å². The van der Waals surface area contributed by atoms with Crippen molar-refractivity contribution in [1.29, 1.82) is 0 Å². The second kappa shape index (κ2) is 7.06. The Morgan fingerprint density at radius 3 is 2.69 bits per heavy atom. The van der Waals surface area contributed by atoms with Gasteiger partial charge in [0.25, 0.3) is 5.56 Å². The van der Waals surface area contributed by atoms with E-state index in [1.165, 1.54) is 6.07 Å². The van der Waals surface area contributed by atoms with Crippen LogP contribution in [0.1, 0.15) is 18.2 Å². The van der Waals surface area contributed by atoms with E-state index >= 15 is 0 Å². The molecule has 0 aliphatic carbocycles. The highest BCUT2D eigenvalue weighted by molar-refractivity contribution is 7.99. The molecule has 2 aliphatic rings. The molecular formula is C17H20N6O2S. The molecule has 2 aromatic heterocycles. The third kappa shape index (κ3) is 3.31. The minimum atomic E-state index is -0.112. The summed E-state index contributed by atoms with van der Waals surface area (Å²) >= 11 is 1.55. The summed E-state index contributed by atoms with van der Waals surface area (Å²) in [6, 6.07) is 3.21. The first-order valence-electron chi connectivity index (χ1n) is 8.64. The molecule has 0 saturated carbocycles. The van der Waals surface area contributed by atoms with Crippen LogP contribution < -0.4 is 10.5 Å². The van der Waals surface area contributed by atoms with Crippen molar-refractivity contribution in [2.24, 2.45) is 0 Å². The summed E-state index contributed by atoms with van der Waals surface area (Å²) in [6.07, 6.45) is 3.79. The van der Waals surface area contributed by atoms with E-state index in [0.29, 0.717) is 38.5 Å². The van der Waals surface area contributed by atoms with Crippen LogP contribution in [-0.4, -0.2) is 62.3 Å². The topological polar surface area (TPSA) is 84.2 Å². The molecule has 1 saturated heterocycles. The molecule has 26 heavy (non-hydrogen) atoms. The predicted molar refractivity (Wildman–Crippen MR) is 98.4 cm³/mol. The smallest absolute Gasteiger partial charge is 0.254 e. The number of carbonyl (C=O) groups excluding carboxylic acids is 1. The Labute approximate surface area is 155 Å². The molecule has 0 spiro atoms. The molecule has 136 valence electrons. The van der Waals surface area contributed by atoms with E-state index in [1.807, 2.05) is 11.8 Å². The highest BCUT2D eigenvalue weighted by Crippen LogP contribution is 2.32. The Kier molecular flexibility index (Phi) is 4.62. The molecule has 0 N–H and O–H groups in total. The van der Waals surface area contributed by atoms with Gasteiger partial charge in [-0.15, -0.1) is 0 Å². The number of hydrogen-bond acceptors (Lipinski definition) is 7. The fourth-order valence-electron chi connectivity index (χ4n) is 3.35. The number of aromatic nitrogens is 4. The van der Waals surface area contributed by atoms with Crippen molar-refractivity contribution in [1.82, 2.24) is 24.4 Å². The zero-order valence-corrected chi connectivity index (χ0v) is 15.4. The fraction of sp³-hybridized carbons (Fsp3) is 0.471. The molecule has 1 amide bonds. The lowest BCUT2D eigenvalue weighted by Gasteiger charge is -2.35. The van der Waals surface area contributed by atoms with Crippen molar-refractivity contribution in [3.8, 4) is 0 Å². The van der Waals surface area contributed by atoms with Crippen LogP contribution in [0.15, 0.2) is 34.5 Å². The molecule has 0 bridgehead atoms. The van der Waals surface area contributed by atoms with Crippen LogP contribution in [0.4, 0.5) is 5.95 Å². The number of fused-ring (bicyclic) bond motifs is 1. The van der Waals surface area contributed by atoms with E-state index in [1.54, 1.807) is 34.8 Å². The van der Waals surface area contributed by atoms with Gasteiger partial charge < -0.3 is 9.80 Å². The van der Waals surface area contributed by atoms with Gasteiger partial charge in [0.15, 0.2) is 5.16 Å². The standard InChI is InChI=1S/C17H20N6O2S/c1-12-9-15(25)23-13(11-26-17(23)20-12)10-14(24)21-5-7-22(8-6-21)16-18-3-2-4-19-16/h2-4,9,13H,5-8,10-11H2,1H3/t13-/m1/s1. The van der Waals surface area contributed by atoms with Gasteiger partial charge in [0, 0.05) is 62.5 Å². The molecule has 0 unspecified atom stereocenters. The monoisotopic (exact) mass is 372 g/mol. The van der Waals surface area contributed by atoms with Crippen molar-refractivity contribution in [3.63, 3.8) is 0 Å². The average Bonchev–Trinajstić information content (AvgIpc) is 3.05. The number of thioether (sulfide) groups is 1. The number of carbonyl (C=O) groups is 1. The lowest BCUT2D eigenvalue weighted by Crippen LogP contribution is -2.49. The summed E-state index contributed by atoms with van der Waals surface area (Å²) in [5.74, 6) is 1.51. The molecule has 1 atom stereocenters. The molecule has 1 fully saturated rings. The van der Waals surface area contributed by atoms with Crippen LogP contribution in [0.5, 0.6) is 0 Å². The molecule has 4 rings (SSSR count). The van der Waals surface area contributed by atoms with Gasteiger partial charge in [0.2, 0.25) is 11.9 Å². The van der Waals surface area contributed by atoms with Crippen molar-refractivity contribution < 1.29 is 4.79 Å². The third-order valence-corrected chi connectivity index (χ3v) is 5.79. The minimum absolute atomic E-state index is 0.0682. The Hall–Kier alpha value is -2.42. The van der Waals surface area contributed by atoms with Crippen molar-refractivity contribution in [2.45, 2.75) is 24.5 Å². The zero-order chi connectivity index (χ0) is 18.1. The zero-order valence-electron chi connectivity index (χ0n) is 14.5. The number of hydrogen-bond donors (Lipinski definition) is 0. The van der Waals surface area contributed by atoms with Gasteiger partial charge in [-0.3, -0.25) is 14.2 Å². The van der Waals surface area contributed by atoms with E-state index in [4.69, 9.17) is 0 Å². The van der Waals surface area contributed by atoms with Crippen LogP contribution >= 0.6 is 11.8 Å². The molecule has 4 heterocycles. The highest BCUT2D eigenvalue weighted by atomic mass is 32.2. The Morgan fingerprint density at radius 2 is 1.96 bits per heavy atom. The third-order valence-electron chi connectivity index (χ3n) is 4.70. The van der Waals surface area contributed by atoms with E-state index in [0.717, 1.165) is 16.6 Å². The Balaban J connectivity index is 1.38. The van der Waals surface area contributed by atoms with Gasteiger partial charge in [-0.2, -0.15) is 0 Å². The fourth-order valence-corrected chi connectivity index (χ4v) is 4.55. The summed E-state index contributed by atoms with van der Waals surface area (Å²) in [7, 11) is 0. The van der Waals surface area contributed by atoms with Crippen LogP contribution in [0.25, 0.3) is 0 Å². The maximum atomic E-state index is 12.7. The molecule has 0 aromatic carbocycles. The van der Waals surface area contributed by atoms with Crippen LogP contribution in [0, 0.1) is 6.92 Å². The summed E-state index contributed by atoms with van der Waals surface area (Å²) in [5, 5.41) is 0.721. The predicted octanol–water partition coefficient (Wildman–Crippen LogP) is 0.727. The first-order chi connectivity index (χ1) is 12.6. The van der Waals surface area contributed by atoms with E-state index in [-0.39, 0.29) is 17.5 Å². The summed E-state index contributed by atoms with van der Waals surface area (Å²) < 4.78 is 1.67. The number of aryl methyl sites for hydroxylation is 1. The van der Waals surface area contributed by atoms with Crippen LogP contribution in [0.3, 0.4) is 0 Å². The number of nitrogens with zero attached hydrogens (tertiary/aromatic N) is 6. The average molecular weight is 372 g/mol. The summed E-state index contributed by atoms with van der Waals surface area (Å²) in [6.45, 7) is 4.53. The number of rotatable bonds is 3. The normalized spacial score (nSPS) is 19.5. The Bertz CT molecular complexity index is 863. The molecule has 9 heteroatoms. The maximum absolute atomic E-state index is 12.7. The van der Waals surface area contributed by atoms with Crippen LogP contribution in [0.2, 0.25) is 0 Å². The SMILES string of the molecule is Cc1cc(=O)n2c(n1)SC[C@H]2CC(=O)N1CCN(c2ncccn2)CC1.